The van der Waals surface area contributed by atoms with Crippen molar-refractivity contribution in [1.29, 1.82) is 5.26 Å². The van der Waals surface area contributed by atoms with Crippen molar-refractivity contribution in [2.45, 2.75) is 13.3 Å². The second kappa shape index (κ2) is 4.49. The van der Waals surface area contributed by atoms with Gasteiger partial charge in [0.1, 0.15) is 6.07 Å². The van der Waals surface area contributed by atoms with Crippen molar-refractivity contribution in [2.24, 2.45) is 11.7 Å². The summed E-state index contributed by atoms with van der Waals surface area (Å²) in [4.78, 5) is 24.5. The molecule has 1 aromatic rings. The Morgan fingerprint density at radius 3 is 2.83 bits per heavy atom. The van der Waals surface area contributed by atoms with Gasteiger partial charge in [-0.15, -0.1) is 0 Å². The Balaban J connectivity index is 2.39. The molecule has 0 radical (unpaired) electrons. The van der Waals surface area contributed by atoms with Gasteiger partial charge in [0, 0.05) is 13.0 Å². The number of aryl methyl sites for hydroxylation is 1. The van der Waals surface area contributed by atoms with E-state index in [2.05, 4.69) is 6.07 Å². The lowest BCUT2D eigenvalue weighted by Crippen LogP contribution is -2.29. The monoisotopic (exact) mass is 243 g/mol. The van der Waals surface area contributed by atoms with Crippen molar-refractivity contribution in [3.05, 3.63) is 29.3 Å². The number of benzene rings is 1. The summed E-state index contributed by atoms with van der Waals surface area (Å²) in [5.41, 5.74) is 7.06. The standard InChI is InChI=1S/C13H13N3O2/c1-8-3-2-4-11(10(8)6-14)16-7-9(13(15)18)5-12(16)17/h2-4,9H,5,7H2,1H3,(H2,15,18). The molecule has 1 saturated heterocycles. The molecular weight excluding hydrogens is 230 g/mol. The predicted octanol–water partition coefficient (Wildman–Crippen LogP) is 0.705. The first-order valence-electron chi connectivity index (χ1n) is 5.64. The van der Waals surface area contributed by atoms with Crippen LogP contribution in [0.25, 0.3) is 0 Å². The van der Waals surface area contributed by atoms with Crippen molar-refractivity contribution in [3.63, 3.8) is 0 Å². The molecule has 2 N–H and O–H groups in total. The van der Waals surface area contributed by atoms with Crippen LogP contribution < -0.4 is 10.6 Å². The highest BCUT2D eigenvalue weighted by Gasteiger charge is 2.34. The third kappa shape index (κ3) is 1.93. The molecule has 18 heavy (non-hydrogen) atoms. The highest BCUT2D eigenvalue weighted by Crippen LogP contribution is 2.29. The van der Waals surface area contributed by atoms with Gasteiger partial charge in [-0.2, -0.15) is 5.26 Å². The average molecular weight is 243 g/mol. The van der Waals surface area contributed by atoms with Crippen LogP contribution in [-0.4, -0.2) is 18.4 Å². The van der Waals surface area contributed by atoms with Crippen LogP contribution >= 0.6 is 0 Å². The number of amides is 2. The van der Waals surface area contributed by atoms with Crippen molar-refractivity contribution in [2.75, 3.05) is 11.4 Å². The van der Waals surface area contributed by atoms with Gasteiger partial charge in [-0.1, -0.05) is 12.1 Å². The number of anilines is 1. The molecule has 2 rings (SSSR count). The molecule has 0 bridgehead atoms. The lowest BCUT2D eigenvalue weighted by molar-refractivity contribution is -0.123. The fourth-order valence-corrected chi connectivity index (χ4v) is 2.15. The molecular formula is C13H13N3O2. The van der Waals surface area contributed by atoms with Crippen LogP contribution in [0.4, 0.5) is 5.69 Å². The molecule has 0 aromatic heterocycles. The first kappa shape index (κ1) is 12.1. The van der Waals surface area contributed by atoms with E-state index in [-0.39, 0.29) is 18.9 Å². The van der Waals surface area contributed by atoms with Crippen LogP contribution in [0.2, 0.25) is 0 Å². The number of carbonyl (C=O) groups is 2. The van der Waals surface area contributed by atoms with Crippen LogP contribution in [0.1, 0.15) is 17.5 Å². The van der Waals surface area contributed by atoms with E-state index in [9.17, 15) is 9.59 Å². The number of nitriles is 1. The molecule has 1 fully saturated rings. The highest BCUT2D eigenvalue weighted by atomic mass is 16.2. The largest absolute Gasteiger partial charge is 0.369 e. The summed E-state index contributed by atoms with van der Waals surface area (Å²) in [6.07, 6.45) is 0.119. The van der Waals surface area contributed by atoms with E-state index in [0.717, 1.165) is 5.56 Å². The zero-order chi connectivity index (χ0) is 13.3. The number of primary amides is 1. The third-order valence-electron chi connectivity index (χ3n) is 3.18. The van der Waals surface area contributed by atoms with Gasteiger partial charge in [0.15, 0.2) is 0 Å². The Hall–Kier alpha value is -2.35. The second-order valence-electron chi connectivity index (χ2n) is 4.39. The number of carbonyl (C=O) groups excluding carboxylic acids is 2. The molecule has 1 aromatic carbocycles. The SMILES string of the molecule is Cc1cccc(N2CC(C(N)=O)CC2=O)c1C#N. The minimum Gasteiger partial charge on any atom is -0.369 e. The molecule has 2 amide bonds. The summed E-state index contributed by atoms with van der Waals surface area (Å²) in [5.74, 6) is -1.11. The molecule has 1 heterocycles. The summed E-state index contributed by atoms with van der Waals surface area (Å²) < 4.78 is 0. The Morgan fingerprint density at radius 2 is 2.28 bits per heavy atom. The van der Waals surface area contributed by atoms with E-state index >= 15 is 0 Å². The van der Waals surface area contributed by atoms with Crippen molar-refractivity contribution in [1.82, 2.24) is 0 Å². The van der Waals surface area contributed by atoms with Crippen molar-refractivity contribution < 1.29 is 9.59 Å². The van der Waals surface area contributed by atoms with Gasteiger partial charge in [-0.25, -0.2) is 0 Å². The minimum atomic E-state index is -0.475. The van der Waals surface area contributed by atoms with Crippen LogP contribution in [0.3, 0.4) is 0 Å². The van der Waals surface area contributed by atoms with E-state index in [1.165, 1.54) is 4.90 Å². The molecule has 5 heteroatoms. The van der Waals surface area contributed by atoms with Gasteiger partial charge in [0.05, 0.1) is 17.2 Å². The maximum atomic E-state index is 11.9. The van der Waals surface area contributed by atoms with Gasteiger partial charge in [-0.05, 0) is 18.6 Å². The van der Waals surface area contributed by atoms with E-state index in [1.807, 2.05) is 13.0 Å². The molecule has 5 nitrogen and oxygen atoms in total. The maximum Gasteiger partial charge on any atom is 0.227 e. The number of rotatable bonds is 2. The molecule has 92 valence electrons. The zero-order valence-corrected chi connectivity index (χ0v) is 10.0. The molecule has 1 aliphatic rings. The normalized spacial score (nSPS) is 18.8. The van der Waals surface area contributed by atoms with Gasteiger partial charge >= 0.3 is 0 Å². The van der Waals surface area contributed by atoms with Crippen molar-refractivity contribution in [3.8, 4) is 6.07 Å². The van der Waals surface area contributed by atoms with Crippen LogP contribution in [0.5, 0.6) is 0 Å². The molecule has 0 saturated carbocycles. The van der Waals surface area contributed by atoms with Gasteiger partial charge in [0.25, 0.3) is 0 Å². The second-order valence-corrected chi connectivity index (χ2v) is 4.39. The van der Waals surface area contributed by atoms with Crippen molar-refractivity contribution >= 4 is 17.5 Å². The van der Waals surface area contributed by atoms with E-state index < -0.39 is 11.8 Å². The zero-order valence-electron chi connectivity index (χ0n) is 10.0. The Morgan fingerprint density at radius 1 is 1.56 bits per heavy atom. The topological polar surface area (TPSA) is 87.2 Å². The first-order chi connectivity index (χ1) is 8.54. The van der Waals surface area contributed by atoms with Crippen LogP contribution in [0.15, 0.2) is 18.2 Å². The summed E-state index contributed by atoms with van der Waals surface area (Å²) >= 11 is 0. The minimum absolute atomic E-state index is 0.119. The summed E-state index contributed by atoms with van der Waals surface area (Å²) in [6, 6.07) is 7.41. The summed E-state index contributed by atoms with van der Waals surface area (Å²) in [5, 5.41) is 9.14. The highest BCUT2D eigenvalue weighted by molar-refractivity contribution is 6.01. The molecule has 1 aliphatic heterocycles. The smallest absolute Gasteiger partial charge is 0.227 e. The van der Waals surface area contributed by atoms with Crippen LogP contribution in [-0.2, 0) is 9.59 Å². The first-order valence-corrected chi connectivity index (χ1v) is 5.64. The van der Waals surface area contributed by atoms with Gasteiger partial charge in [-0.3, -0.25) is 9.59 Å². The average Bonchev–Trinajstić information content (AvgIpc) is 2.71. The summed E-state index contributed by atoms with van der Waals surface area (Å²) in [6.45, 7) is 2.07. The molecule has 0 spiro atoms. The third-order valence-corrected chi connectivity index (χ3v) is 3.18. The van der Waals surface area contributed by atoms with Crippen LogP contribution in [0, 0.1) is 24.2 Å². The molecule has 1 unspecified atom stereocenters. The number of nitrogens with two attached hydrogens (primary N) is 1. The molecule has 1 atom stereocenters. The number of nitrogens with zero attached hydrogens (tertiary/aromatic N) is 2. The fourth-order valence-electron chi connectivity index (χ4n) is 2.15. The van der Waals surface area contributed by atoms with Gasteiger partial charge < -0.3 is 10.6 Å². The Bertz CT molecular complexity index is 560. The quantitative estimate of drug-likeness (QED) is 0.829. The van der Waals surface area contributed by atoms with Gasteiger partial charge in [0.2, 0.25) is 11.8 Å². The number of hydrogen-bond donors (Lipinski definition) is 1. The fraction of sp³-hybridized carbons (Fsp3) is 0.308. The Labute approximate surface area is 105 Å². The van der Waals surface area contributed by atoms with E-state index in [0.29, 0.717) is 11.3 Å². The van der Waals surface area contributed by atoms with E-state index in [4.69, 9.17) is 11.0 Å². The lowest BCUT2D eigenvalue weighted by Gasteiger charge is -2.18. The lowest BCUT2D eigenvalue weighted by atomic mass is 10.1. The maximum absolute atomic E-state index is 11.9. The summed E-state index contributed by atoms with van der Waals surface area (Å²) in [7, 11) is 0. The predicted molar refractivity (Wildman–Crippen MR) is 65.5 cm³/mol. The van der Waals surface area contributed by atoms with E-state index in [1.54, 1.807) is 12.1 Å². The molecule has 0 aliphatic carbocycles. The number of hydrogen-bond acceptors (Lipinski definition) is 3. The Kier molecular flexibility index (Phi) is 3.02.